The first-order valence-corrected chi connectivity index (χ1v) is 8.90. The number of hydrogen-bond acceptors (Lipinski definition) is 3. The molecular formula is C21H23N3O2. The van der Waals surface area contributed by atoms with Gasteiger partial charge in [0, 0.05) is 18.0 Å². The molecule has 2 aromatic rings. The quantitative estimate of drug-likeness (QED) is 0.593. The van der Waals surface area contributed by atoms with Gasteiger partial charge in [-0.2, -0.15) is 5.10 Å². The van der Waals surface area contributed by atoms with E-state index in [1.165, 1.54) is 0 Å². The van der Waals surface area contributed by atoms with E-state index in [-0.39, 0.29) is 17.7 Å². The predicted octanol–water partition coefficient (Wildman–Crippen LogP) is 3.51. The Bertz CT molecular complexity index is 811. The van der Waals surface area contributed by atoms with E-state index in [0.29, 0.717) is 18.6 Å². The van der Waals surface area contributed by atoms with E-state index < -0.39 is 0 Å². The van der Waals surface area contributed by atoms with Crippen LogP contribution in [0, 0.1) is 5.92 Å². The van der Waals surface area contributed by atoms with Crippen LogP contribution >= 0.6 is 0 Å². The van der Waals surface area contributed by atoms with Gasteiger partial charge in [0.25, 0.3) is 0 Å². The lowest BCUT2D eigenvalue weighted by atomic mass is 10.1. The van der Waals surface area contributed by atoms with E-state index in [9.17, 15) is 9.59 Å². The third-order valence-electron chi connectivity index (χ3n) is 4.33. The number of carbonyl (C=O) groups is 2. The van der Waals surface area contributed by atoms with Gasteiger partial charge in [-0.1, -0.05) is 42.5 Å². The molecule has 2 aromatic carbocycles. The molecule has 0 heterocycles. The molecule has 0 aromatic heterocycles. The Labute approximate surface area is 153 Å². The van der Waals surface area contributed by atoms with Crippen LogP contribution < -0.4 is 10.7 Å². The molecule has 0 saturated heterocycles. The van der Waals surface area contributed by atoms with E-state index in [1.54, 1.807) is 0 Å². The van der Waals surface area contributed by atoms with Crippen molar-refractivity contribution in [2.24, 2.45) is 11.0 Å². The summed E-state index contributed by atoms with van der Waals surface area (Å²) in [7, 11) is 0. The summed E-state index contributed by atoms with van der Waals surface area (Å²) in [5.41, 5.74) is 6.04. The molecule has 26 heavy (non-hydrogen) atoms. The molecule has 0 spiro atoms. The van der Waals surface area contributed by atoms with Crippen molar-refractivity contribution >= 4 is 23.2 Å². The lowest BCUT2D eigenvalue weighted by Gasteiger charge is -2.07. The molecule has 1 aliphatic carbocycles. The molecule has 134 valence electrons. The molecule has 2 amide bonds. The molecule has 0 aliphatic heterocycles. The highest BCUT2D eigenvalue weighted by Gasteiger charge is 2.29. The first-order chi connectivity index (χ1) is 12.6. The molecule has 3 rings (SSSR count). The Morgan fingerprint density at radius 3 is 2.58 bits per heavy atom. The Balaban J connectivity index is 1.53. The van der Waals surface area contributed by atoms with Gasteiger partial charge < -0.3 is 5.32 Å². The molecule has 1 aliphatic rings. The second kappa shape index (κ2) is 8.43. The standard InChI is InChI=1S/C21H23N3O2/c1-15(23-24-20(25)13-10-16-6-3-2-4-7-16)18-8-5-9-19(14-18)22-21(26)17-11-12-17/h2-9,14,17H,10-13H2,1H3,(H,22,26)(H,24,25)/b23-15+. The minimum atomic E-state index is -0.119. The van der Waals surface area contributed by atoms with Gasteiger partial charge in [-0.25, -0.2) is 5.43 Å². The summed E-state index contributed by atoms with van der Waals surface area (Å²) in [6.07, 6.45) is 3.02. The van der Waals surface area contributed by atoms with Gasteiger partial charge in [-0.3, -0.25) is 9.59 Å². The number of anilines is 1. The Kier molecular flexibility index (Phi) is 5.79. The van der Waals surface area contributed by atoms with Gasteiger partial charge in [-0.15, -0.1) is 0 Å². The number of hydrogen-bond donors (Lipinski definition) is 2. The number of nitrogens with zero attached hydrogens (tertiary/aromatic N) is 1. The lowest BCUT2D eigenvalue weighted by Crippen LogP contribution is -2.19. The molecule has 5 nitrogen and oxygen atoms in total. The van der Waals surface area contributed by atoms with Crippen LogP contribution in [0.4, 0.5) is 5.69 Å². The fourth-order valence-electron chi connectivity index (χ4n) is 2.58. The maximum Gasteiger partial charge on any atom is 0.240 e. The number of carbonyl (C=O) groups excluding carboxylic acids is 2. The van der Waals surface area contributed by atoms with E-state index >= 15 is 0 Å². The van der Waals surface area contributed by atoms with Gasteiger partial charge in [0.05, 0.1) is 5.71 Å². The van der Waals surface area contributed by atoms with Crippen molar-refractivity contribution in [3.63, 3.8) is 0 Å². The second-order valence-electron chi connectivity index (χ2n) is 6.56. The van der Waals surface area contributed by atoms with Crippen LogP contribution in [0.25, 0.3) is 0 Å². The number of nitrogens with one attached hydrogen (secondary N) is 2. The first kappa shape index (κ1) is 17.9. The molecule has 1 fully saturated rings. The fourth-order valence-corrected chi connectivity index (χ4v) is 2.58. The number of hydrazone groups is 1. The van der Waals surface area contributed by atoms with Gasteiger partial charge >= 0.3 is 0 Å². The molecule has 0 bridgehead atoms. The SMILES string of the molecule is C/C(=N\NC(=O)CCc1ccccc1)c1cccc(NC(=O)C2CC2)c1. The summed E-state index contributed by atoms with van der Waals surface area (Å²) in [5.74, 6) is 0.120. The smallest absolute Gasteiger partial charge is 0.240 e. The van der Waals surface area contributed by atoms with Crippen molar-refractivity contribution in [1.29, 1.82) is 0 Å². The Morgan fingerprint density at radius 2 is 1.85 bits per heavy atom. The van der Waals surface area contributed by atoms with Crippen LogP contribution in [-0.4, -0.2) is 17.5 Å². The third-order valence-corrected chi connectivity index (χ3v) is 4.33. The minimum Gasteiger partial charge on any atom is -0.326 e. The van der Waals surface area contributed by atoms with Crippen LogP contribution in [0.3, 0.4) is 0 Å². The molecular weight excluding hydrogens is 326 g/mol. The van der Waals surface area contributed by atoms with E-state index in [1.807, 2.05) is 61.5 Å². The van der Waals surface area contributed by atoms with Crippen molar-refractivity contribution in [2.45, 2.75) is 32.6 Å². The highest BCUT2D eigenvalue weighted by molar-refractivity contribution is 6.01. The summed E-state index contributed by atoms with van der Waals surface area (Å²) in [6, 6.07) is 17.4. The highest BCUT2D eigenvalue weighted by Crippen LogP contribution is 2.30. The van der Waals surface area contributed by atoms with E-state index in [4.69, 9.17) is 0 Å². The molecule has 1 saturated carbocycles. The topological polar surface area (TPSA) is 70.6 Å². The van der Waals surface area contributed by atoms with Gasteiger partial charge in [0.15, 0.2) is 0 Å². The molecule has 5 heteroatoms. The van der Waals surface area contributed by atoms with Crippen molar-refractivity contribution < 1.29 is 9.59 Å². The molecule has 0 radical (unpaired) electrons. The van der Waals surface area contributed by atoms with E-state index in [0.717, 1.165) is 29.7 Å². The van der Waals surface area contributed by atoms with Crippen molar-refractivity contribution in [3.8, 4) is 0 Å². The molecule has 0 unspecified atom stereocenters. The zero-order chi connectivity index (χ0) is 18.4. The molecule has 0 atom stereocenters. The second-order valence-corrected chi connectivity index (χ2v) is 6.56. The van der Waals surface area contributed by atoms with E-state index in [2.05, 4.69) is 15.8 Å². The fraction of sp³-hybridized carbons (Fsp3) is 0.286. The van der Waals surface area contributed by atoms with Crippen molar-refractivity contribution in [1.82, 2.24) is 5.43 Å². The Morgan fingerprint density at radius 1 is 1.08 bits per heavy atom. The summed E-state index contributed by atoms with van der Waals surface area (Å²) in [5, 5.41) is 7.10. The number of amides is 2. The van der Waals surface area contributed by atoms with Gasteiger partial charge in [0.2, 0.25) is 11.8 Å². The average Bonchev–Trinajstić information content (AvgIpc) is 3.51. The predicted molar refractivity (Wildman–Crippen MR) is 103 cm³/mol. The number of aryl methyl sites for hydroxylation is 1. The van der Waals surface area contributed by atoms with Crippen molar-refractivity contribution in [2.75, 3.05) is 5.32 Å². The monoisotopic (exact) mass is 349 g/mol. The minimum absolute atomic E-state index is 0.0750. The number of rotatable bonds is 7. The average molecular weight is 349 g/mol. The van der Waals surface area contributed by atoms with Gasteiger partial charge in [-0.05, 0) is 49.4 Å². The normalized spacial score (nSPS) is 14.0. The van der Waals surface area contributed by atoms with Crippen LogP contribution in [0.5, 0.6) is 0 Å². The summed E-state index contributed by atoms with van der Waals surface area (Å²) < 4.78 is 0. The lowest BCUT2D eigenvalue weighted by molar-refractivity contribution is -0.121. The van der Waals surface area contributed by atoms with Crippen LogP contribution in [0.15, 0.2) is 59.7 Å². The number of benzene rings is 2. The maximum absolute atomic E-state index is 12.0. The van der Waals surface area contributed by atoms with Crippen LogP contribution in [0.2, 0.25) is 0 Å². The zero-order valence-electron chi connectivity index (χ0n) is 14.9. The zero-order valence-corrected chi connectivity index (χ0v) is 14.9. The Hall–Kier alpha value is -2.95. The van der Waals surface area contributed by atoms with Gasteiger partial charge in [0.1, 0.15) is 0 Å². The summed E-state index contributed by atoms with van der Waals surface area (Å²) in [6.45, 7) is 1.83. The highest BCUT2D eigenvalue weighted by atomic mass is 16.2. The maximum atomic E-state index is 12.0. The summed E-state index contributed by atoms with van der Waals surface area (Å²) in [4.78, 5) is 23.8. The largest absolute Gasteiger partial charge is 0.326 e. The summed E-state index contributed by atoms with van der Waals surface area (Å²) >= 11 is 0. The van der Waals surface area contributed by atoms with Crippen LogP contribution in [-0.2, 0) is 16.0 Å². The molecule has 2 N–H and O–H groups in total. The first-order valence-electron chi connectivity index (χ1n) is 8.90. The van der Waals surface area contributed by atoms with Crippen molar-refractivity contribution in [3.05, 3.63) is 65.7 Å². The third kappa shape index (κ3) is 5.28. The van der Waals surface area contributed by atoms with Crippen LogP contribution in [0.1, 0.15) is 37.3 Å².